The minimum Gasteiger partial charge on any atom is -0.335 e. The Kier molecular flexibility index (Phi) is 6.59. The van der Waals surface area contributed by atoms with E-state index in [1.165, 1.54) is 21.7 Å². The number of pyridine rings is 1. The summed E-state index contributed by atoms with van der Waals surface area (Å²) < 4.78 is 1.34. The molecule has 1 atom stereocenters. The molecule has 0 radical (unpaired) electrons. The van der Waals surface area contributed by atoms with Crippen molar-refractivity contribution in [2.75, 3.05) is 12.4 Å². The van der Waals surface area contributed by atoms with Crippen LogP contribution in [0.25, 0.3) is 11.0 Å². The van der Waals surface area contributed by atoms with Crippen molar-refractivity contribution in [2.24, 2.45) is 0 Å². The molecule has 9 heteroatoms. The number of benzene rings is 2. The molecule has 0 aliphatic heterocycles. The van der Waals surface area contributed by atoms with Gasteiger partial charge in [-0.3, -0.25) is 23.9 Å². The molecule has 0 unspecified atom stereocenters. The van der Waals surface area contributed by atoms with Crippen LogP contribution in [0.1, 0.15) is 46.2 Å². The molecule has 2 amide bonds. The lowest BCUT2D eigenvalue weighted by molar-refractivity contribution is 0.0742. The molecular formula is C26H25N5O4. The van der Waals surface area contributed by atoms with E-state index in [9.17, 15) is 19.2 Å². The quantitative estimate of drug-likeness (QED) is 0.448. The van der Waals surface area contributed by atoms with E-state index in [-0.39, 0.29) is 34.5 Å². The number of fused-ring (bicyclic) bond motifs is 1. The van der Waals surface area contributed by atoms with Crippen molar-refractivity contribution in [3.05, 3.63) is 104 Å². The van der Waals surface area contributed by atoms with Gasteiger partial charge in [0.2, 0.25) is 0 Å². The van der Waals surface area contributed by atoms with Crippen molar-refractivity contribution in [1.29, 1.82) is 0 Å². The normalized spacial score (nSPS) is 11.7. The number of H-pyrrole nitrogens is 1. The standard InChI is InChI=1S/C26H25N5O4/c1-4-31-22-21(24(33)29-26(31)35)14-19(15-27-22)25(34)30(3)16(2)18-11-8-12-20(13-18)28-23(32)17-9-6-5-7-10-17/h5-16H,4H2,1-3H3,(H,28,32)(H,29,33,35)/t16-/m1/s1. The number of aromatic nitrogens is 3. The van der Waals surface area contributed by atoms with Gasteiger partial charge in [-0.05, 0) is 49.7 Å². The molecule has 2 N–H and O–H groups in total. The van der Waals surface area contributed by atoms with Crippen LogP contribution >= 0.6 is 0 Å². The number of hydrogen-bond acceptors (Lipinski definition) is 5. The maximum atomic E-state index is 13.2. The van der Waals surface area contributed by atoms with Crippen LogP contribution < -0.4 is 16.6 Å². The van der Waals surface area contributed by atoms with Crippen molar-refractivity contribution < 1.29 is 9.59 Å². The van der Waals surface area contributed by atoms with Crippen LogP contribution in [0.3, 0.4) is 0 Å². The lowest BCUT2D eigenvalue weighted by Gasteiger charge is -2.26. The van der Waals surface area contributed by atoms with E-state index in [0.29, 0.717) is 17.8 Å². The van der Waals surface area contributed by atoms with Crippen LogP contribution in [0.5, 0.6) is 0 Å². The fourth-order valence-corrected chi connectivity index (χ4v) is 3.85. The van der Waals surface area contributed by atoms with E-state index in [1.807, 2.05) is 31.2 Å². The highest BCUT2D eigenvalue weighted by molar-refractivity contribution is 6.04. The van der Waals surface area contributed by atoms with Crippen LogP contribution in [-0.4, -0.2) is 38.3 Å². The maximum Gasteiger partial charge on any atom is 0.329 e. The minimum absolute atomic E-state index is 0.170. The fraction of sp³-hybridized carbons (Fsp3) is 0.192. The minimum atomic E-state index is -0.589. The first-order valence-electron chi connectivity index (χ1n) is 11.2. The molecule has 0 aliphatic carbocycles. The number of hydrogen-bond donors (Lipinski definition) is 2. The Bertz CT molecular complexity index is 1520. The first-order valence-corrected chi connectivity index (χ1v) is 11.2. The Morgan fingerprint density at radius 3 is 2.51 bits per heavy atom. The zero-order valence-electron chi connectivity index (χ0n) is 19.6. The summed E-state index contributed by atoms with van der Waals surface area (Å²) in [5.41, 5.74) is 1.31. The number of carbonyl (C=O) groups is 2. The fourth-order valence-electron chi connectivity index (χ4n) is 3.85. The molecule has 0 saturated heterocycles. The van der Waals surface area contributed by atoms with E-state index >= 15 is 0 Å². The van der Waals surface area contributed by atoms with Gasteiger partial charge in [0.1, 0.15) is 5.65 Å². The predicted octanol–water partition coefficient (Wildman–Crippen LogP) is 3.19. The number of amides is 2. The third-order valence-corrected chi connectivity index (χ3v) is 5.96. The van der Waals surface area contributed by atoms with Crippen molar-refractivity contribution in [3.63, 3.8) is 0 Å². The van der Waals surface area contributed by atoms with Crippen molar-refractivity contribution in [3.8, 4) is 0 Å². The molecule has 0 saturated carbocycles. The topological polar surface area (TPSA) is 117 Å². The first kappa shape index (κ1) is 23.6. The molecule has 0 fully saturated rings. The predicted molar refractivity (Wildman–Crippen MR) is 134 cm³/mol. The maximum absolute atomic E-state index is 13.2. The van der Waals surface area contributed by atoms with Gasteiger partial charge in [0.15, 0.2) is 0 Å². The second-order valence-corrected chi connectivity index (χ2v) is 8.14. The molecule has 0 spiro atoms. The molecule has 4 rings (SSSR count). The Labute approximate surface area is 201 Å². The van der Waals surface area contributed by atoms with Gasteiger partial charge < -0.3 is 10.2 Å². The third-order valence-electron chi connectivity index (χ3n) is 5.96. The molecular weight excluding hydrogens is 446 g/mol. The van der Waals surface area contributed by atoms with Crippen LogP contribution in [0.4, 0.5) is 5.69 Å². The van der Waals surface area contributed by atoms with E-state index in [0.717, 1.165) is 5.56 Å². The second-order valence-electron chi connectivity index (χ2n) is 8.14. The summed E-state index contributed by atoms with van der Waals surface area (Å²) in [7, 11) is 1.66. The third kappa shape index (κ3) is 4.74. The molecule has 35 heavy (non-hydrogen) atoms. The number of nitrogens with zero attached hydrogens (tertiary/aromatic N) is 3. The van der Waals surface area contributed by atoms with Gasteiger partial charge in [0.25, 0.3) is 17.4 Å². The highest BCUT2D eigenvalue weighted by Gasteiger charge is 2.21. The summed E-state index contributed by atoms with van der Waals surface area (Å²) in [4.78, 5) is 58.1. The summed E-state index contributed by atoms with van der Waals surface area (Å²) in [5, 5.41) is 3.05. The SMILES string of the molecule is CCn1c(=O)[nH]c(=O)c2cc(C(=O)N(C)[C@H](C)c3cccc(NC(=O)c4ccccc4)c3)cnc21. The molecule has 4 aromatic rings. The highest BCUT2D eigenvalue weighted by atomic mass is 16.2. The molecule has 2 aromatic heterocycles. The van der Waals surface area contributed by atoms with E-state index < -0.39 is 11.2 Å². The van der Waals surface area contributed by atoms with Crippen LogP contribution in [0, 0.1) is 0 Å². The Balaban J connectivity index is 1.57. The van der Waals surface area contributed by atoms with E-state index in [4.69, 9.17) is 0 Å². The Hall–Kier alpha value is -4.53. The zero-order chi connectivity index (χ0) is 25.1. The van der Waals surface area contributed by atoms with Crippen molar-refractivity contribution in [1.82, 2.24) is 19.4 Å². The van der Waals surface area contributed by atoms with Gasteiger partial charge >= 0.3 is 5.69 Å². The van der Waals surface area contributed by atoms with Crippen LogP contribution in [-0.2, 0) is 6.54 Å². The monoisotopic (exact) mass is 471 g/mol. The number of carbonyl (C=O) groups excluding carboxylic acids is 2. The number of aryl methyl sites for hydroxylation is 1. The molecule has 2 heterocycles. The number of anilines is 1. The van der Waals surface area contributed by atoms with Crippen LogP contribution in [0.2, 0.25) is 0 Å². The number of nitrogens with one attached hydrogen (secondary N) is 2. The molecule has 0 bridgehead atoms. The van der Waals surface area contributed by atoms with E-state index in [2.05, 4.69) is 15.3 Å². The molecule has 2 aromatic carbocycles. The second kappa shape index (κ2) is 9.76. The van der Waals surface area contributed by atoms with Gasteiger partial charge in [-0.2, -0.15) is 0 Å². The number of rotatable bonds is 6. The average Bonchev–Trinajstić information content (AvgIpc) is 2.88. The van der Waals surface area contributed by atoms with Gasteiger partial charge in [0, 0.05) is 31.0 Å². The summed E-state index contributed by atoms with van der Waals surface area (Å²) in [6.45, 7) is 3.97. The summed E-state index contributed by atoms with van der Waals surface area (Å²) in [5.74, 6) is -0.558. The van der Waals surface area contributed by atoms with Gasteiger partial charge in [0.05, 0.1) is 17.0 Å². The van der Waals surface area contributed by atoms with Gasteiger partial charge in [-0.1, -0.05) is 30.3 Å². The Morgan fingerprint density at radius 1 is 1.06 bits per heavy atom. The van der Waals surface area contributed by atoms with Crippen molar-refractivity contribution >= 4 is 28.5 Å². The van der Waals surface area contributed by atoms with E-state index in [1.54, 1.807) is 44.3 Å². The van der Waals surface area contributed by atoms with Crippen molar-refractivity contribution in [2.45, 2.75) is 26.4 Å². The largest absolute Gasteiger partial charge is 0.335 e. The Morgan fingerprint density at radius 2 is 1.80 bits per heavy atom. The summed E-state index contributed by atoms with van der Waals surface area (Å²) in [6.07, 6.45) is 1.37. The molecule has 0 aliphatic rings. The number of aromatic amines is 1. The van der Waals surface area contributed by atoms with Gasteiger partial charge in [-0.25, -0.2) is 9.78 Å². The van der Waals surface area contributed by atoms with Gasteiger partial charge in [-0.15, -0.1) is 0 Å². The summed E-state index contributed by atoms with van der Waals surface area (Å²) in [6, 6.07) is 17.3. The molecule has 178 valence electrons. The first-order chi connectivity index (χ1) is 16.8. The lowest BCUT2D eigenvalue weighted by Crippen LogP contribution is -2.32. The smallest absolute Gasteiger partial charge is 0.329 e. The zero-order valence-corrected chi connectivity index (χ0v) is 19.6. The summed E-state index contributed by atoms with van der Waals surface area (Å²) >= 11 is 0. The molecule has 9 nitrogen and oxygen atoms in total. The van der Waals surface area contributed by atoms with Crippen LogP contribution in [0.15, 0.2) is 76.4 Å². The average molecular weight is 472 g/mol. The lowest BCUT2D eigenvalue weighted by atomic mass is 10.1. The highest BCUT2D eigenvalue weighted by Crippen LogP contribution is 2.24.